The van der Waals surface area contributed by atoms with Crippen LogP contribution in [0.3, 0.4) is 0 Å². The second-order valence-electron chi connectivity index (χ2n) is 23.6. The van der Waals surface area contributed by atoms with E-state index in [4.69, 9.17) is 4.74 Å². The van der Waals surface area contributed by atoms with Crippen molar-refractivity contribution in [3.8, 4) is 0 Å². The van der Waals surface area contributed by atoms with E-state index in [-0.39, 0.29) is 22.2 Å². The van der Waals surface area contributed by atoms with Crippen molar-refractivity contribution in [2.75, 3.05) is 7.11 Å². The van der Waals surface area contributed by atoms with Crippen LogP contribution < -0.4 is 0 Å². The first-order chi connectivity index (χ1) is 26.7. The van der Waals surface area contributed by atoms with Crippen molar-refractivity contribution in [2.45, 2.75) is 63.2 Å². The second kappa shape index (κ2) is 8.04. The Morgan fingerprint density at radius 1 is 0.611 bits per heavy atom. The highest BCUT2D eigenvalue weighted by Gasteiger charge is 3.02. The van der Waals surface area contributed by atoms with E-state index in [1.807, 2.05) is 22.3 Å². The Morgan fingerprint density at radius 3 is 1.81 bits per heavy atom. The molecule has 18 rings (SSSR count). The van der Waals surface area contributed by atoms with Gasteiger partial charge in [0.1, 0.15) is 0 Å². The largest absolute Gasteiger partial charge is 0.469 e. The lowest BCUT2D eigenvalue weighted by Gasteiger charge is -2.61. The van der Waals surface area contributed by atoms with E-state index in [1.165, 1.54) is 32.1 Å². The maximum atomic E-state index is 13.0. The highest BCUT2D eigenvalue weighted by atomic mass is 16.5. The number of benzene rings is 1. The molecule has 17 aliphatic carbocycles. The summed E-state index contributed by atoms with van der Waals surface area (Å²) in [7, 11) is 1.61. The molecule has 0 heterocycles. The predicted octanol–water partition coefficient (Wildman–Crippen LogP) is 9.31. The van der Waals surface area contributed by atoms with Crippen LogP contribution in [0.25, 0.3) is 0 Å². The van der Waals surface area contributed by atoms with E-state index in [9.17, 15) is 4.79 Å². The van der Waals surface area contributed by atoms with Gasteiger partial charge in [0.15, 0.2) is 0 Å². The highest BCUT2D eigenvalue weighted by molar-refractivity contribution is 5.76. The topological polar surface area (TPSA) is 26.3 Å². The summed E-state index contributed by atoms with van der Waals surface area (Å²) >= 11 is 0. The van der Waals surface area contributed by atoms with Crippen molar-refractivity contribution >= 4 is 5.97 Å². The minimum atomic E-state index is 0.00505. The zero-order valence-corrected chi connectivity index (χ0v) is 31.7. The molecule has 0 amide bonds. The molecule has 2 nitrogen and oxygen atoms in total. The van der Waals surface area contributed by atoms with Crippen LogP contribution in [0.15, 0.2) is 76.9 Å². The van der Waals surface area contributed by atoms with E-state index >= 15 is 0 Å². The molecule has 27 unspecified atom stereocenters. The van der Waals surface area contributed by atoms with Crippen LogP contribution >= 0.6 is 0 Å². The molecule has 1 aromatic rings. The van der Waals surface area contributed by atoms with Gasteiger partial charge in [0, 0.05) is 22.7 Å². The molecular weight excluding hydrogens is 657 g/mol. The van der Waals surface area contributed by atoms with E-state index in [0.717, 1.165) is 148 Å². The zero-order valence-electron chi connectivity index (χ0n) is 31.7. The average molecular weight is 711 g/mol. The van der Waals surface area contributed by atoms with Gasteiger partial charge in [-0.3, -0.25) is 4.79 Å². The Morgan fingerprint density at radius 2 is 1.13 bits per heavy atom. The minimum absolute atomic E-state index is 0.00505. The first kappa shape index (κ1) is 28.1. The van der Waals surface area contributed by atoms with Crippen molar-refractivity contribution in [3.05, 3.63) is 82.5 Å². The summed E-state index contributed by atoms with van der Waals surface area (Å²) in [5.41, 5.74) is 10.2. The summed E-state index contributed by atoms with van der Waals surface area (Å²) in [6.07, 6.45) is 23.4. The molecule has 2 heteroatoms. The number of allylic oxidation sites excluding steroid dienone is 8. The number of carbonyl (C=O) groups is 1. The molecule has 0 aromatic heterocycles. The monoisotopic (exact) mass is 710 g/mol. The number of rotatable bonds is 5. The number of fused-ring (bicyclic) bond motifs is 3. The first-order valence-electron chi connectivity index (χ1n) is 23.7. The van der Waals surface area contributed by atoms with Gasteiger partial charge in [-0.2, -0.15) is 0 Å². The number of hydrogen-bond donors (Lipinski definition) is 0. The van der Waals surface area contributed by atoms with Gasteiger partial charge in [0.05, 0.1) is 7.11 Å². The van der Waals surface area contributed by atoms with Crippen molar-refractivity contribution in [1.82, 2.24) is 0 Å². The van der Waals surface area contributed by atoms with Crippen LogP contribution in [0.2, 0.25) is 0 Å². The summed E-state index contributed by atoms with van der Waals surface area (Å²) < 4.78 is 5.39. The molecule has 0 N–H and O–H groups in total. The fourth-order valence-electron chi connectivity index (χ4n) is 26.4. The van der Waals surface area contributed by atoms with Crippen LogP contribution in [-0.4, -0.2) is 13.1 Å². The zero-order chi connectivity index (χ0) is 34.3. The van der Waals surface area contributed by atoms with Crippen LogP contribution in [0.5, 0.6) is 0 Å². The molecule has 0 saturated heterocycles. The summed E-state index contributed by atoms with van der Waals surface area (Å²) in [5.74, 6) is 23.8. The van der Waals surface area contributed by atoms with Crippen LogP contribution in [0.4, 0.5) is 0 Å². The van der Waals surface area contributed by atoms with Crippen LogP contribution in [-0.2, 0) is 14.9 Å². The molecule has 2 spiro atoms. The maximum absolute atomic E-state index is 13.0. The molecule has 27 atom stereocenters. The minimum Gasteiger partial charge on any atom is -0.469 e. The van der Waals surface area contributed by atoms with E-state index in [1.54, 1.807) is 25.5 Å². The third-order valence-electron chi connectivity index (χ3n) is 24.9. The predicted molar refractivity (Wildman–Crippen MR) is 203 cm³/mol. The Bertz CT molecular complexity index is 2240. The SMILES string of the molecule is COC(=O)CCCC1(c2ccccc2)C23C4=C5CCC6C7C=CC8C9CCC%10C%11CCC%12=C(C=C4)C12C1C%12C%11C2C%10C9C4C8C7C7C6C5C3C3C7C4C2C31. The van der Waals surface area contributed by atoms with Crippen molar-refractivity contribution in [1.29, 1.82) is 0 Å². The summed E-state index contributed by atoms with van der Waals surface area (Å²) in [6, 6.07) is 12.4. The van der Waals surface area contributed by atoms with Gasteiger partial charge in [-0.05, 0) is 210 Å². The molecule has 54 heavy (non-hydrogen) atoms. The first-order valence-corrected chi connectivity index (χ1v) is 23.7. The number of carbonyl (C=O) groups excluding carboxylic acids is 1. The smallest absolute Gasteiger partial charge is 0.305 e. The molecule has 0 radical (unpaired) electrons. The van der Waals surface area contributed by atoms with Gasteiger partial charge in [0.2, 0.25) is 0 Å². The van der Waals surface area contributed by atoms with Crippen molar-refractivity contribution in [2.24, 2.45) is 153 Å². The number of ether oxygens (including phenoxy) is 1. The van der Waals surface area contributed by atoms with E-state index in [0.29, 0.717) is 6.42 Å². The molecule has 0 bridgehead atoms. The van der Waals surface area contributed by atoms with Gasteiger partial charge in [-0.15, -0.1) is 0 Å². The lowest BCUT2D eigenvalue weighted by molar-refractivity contribution is -0.141. The van der Waals surface area contributed by atoms with Gasteiger partial charge in [-0.1, -0.05) is 65.8 Å². The summed E-state index contributed by atoms with van der Waals surface area (Å²) in [4.78, 5) is 13.0. The molecular formula is C52H54O2. The fourth-order valence-corrected chi connectivity index (χ4v) is 26.4. The molecule has 0 aliphatic heterocycles. The normalized spacial score (nSPS) is 67.5. The molecule has 274 valence electrons. The Balaban J connectivity index is 1.00. The van der Waals surface area contributed by atoms with Gasteiger partial charge >= 0.3 is 5.97 Å². The van der Waals surface area contributed by atoms with Crippen LogP contribution in [0, 0.1) is 153 Å². The fraction of sp³-hybridized carbons (Fsp3) is 0.712. The van der Waals surface area contributed by atoms with Crippen LogP contribution in [0.1, 0.15) is 63.4 Å². The summed E-state index contributed by atoms with van der Waals surface area (Å²) in [6.45, 7) is 0. The van der Waals surface area contributed by atoms with Gasteiger partial charge in [-0.25, -0.2) is 0 Å². The summed E-state index contributed by atoms with van der Waals surface area (Å²) in [5, 5.41) is 0. The average Bonchev–Trinajstić information content (AvgIpc) is 3.86. The molecule has 13 fully saturated rings. The Labute approximate surface area is 320 Å². The second-order valence-corrected chi connectivity index (χ2v) is 23.6. The van der Waals surface area contributed by atoms with Crippen molar-refractivity contribution < 1.29 is 9.53 Å². The van der Waals surface area contributed by atoms with Gasteiger partial charge < -0.3 is 4.74 Å². The third kappa shape index (κ3) is 2.13. The highest BCUT2D eigenvalue weighted by Crippen LogP contribution is 3.05. The maximum Gasteiger partial charge on any atom is 0.305 e. The molecule has 1 aromatic carbocycles. The Hall–Kier alpha value is -2.35. The van der Waals surface area contributed by atoms with E-state index < -0.39 is 0 Å². The number of hydrogen-bond acceptors (Lipinski definition) is 2. The lowest BCUT2D eigenvalue weighted by Crippen LogP contribution is -2.58. The van der Waals surface area contributed by atoms with E-state index in [2.05, 4.69) is 54.6 Å². The number of methoxy groups -OCH3 is 1. The standard InChI is InChI=1S/C52H54O2/c1-54-31(53)8-5-19-50(20-6-3-2-4-7-20)51-29-17-18-30-28-16-14-26-24-12-10-22-21-9-11-23-25-13-15-27(29)38-36(25)41-34(23)32(21)40-33(22)35(24)42-37(26)39(28)49(52(30,50)51)47-45(42)43(40)44(41)46(47)48(38)51/h2-4,6-7,9,11,17-18,21-26,32-49H,5,8,10,12-16,19H2,1H3. The lowest BCUT2D eigenvalue weighted by atomic mass is 9.42. The molecule has 13 saturated carbocycles. The van der Waals surface area contributed by atoms with Crippen molar-refractivity contribution in [3.63, 3.8) is 0 Å². The van der Waals surface area contributed by atoms with Gasteiger partial charge in [0.25, 0.3) is 0 Å². The third-order valence-corrected chi connectivity index (χ3v) is 24.9. The Kier molecular flexibility index (Phi) is 4.18. The number of esters is 1. The quantitative estimate of drug-likeness (QED) is 0.225. The molecule has 17 aliphatic rings.